The van der Waals surface area contributed by atoms with E-state index in [2.05, 4.69) is 42.4 Å². The number of carbonyl (C=O) groups is 1. The van der Waals surface area contributed by atoms with Crippen LogP contribution in [0, 0.1) is 10.1 Å². The summed E-state index contributed by atoms with van der Waals surface area (Å²) in [6, 6.07) is 7.38. The van der Waals surface area contributed by atoms with Gasteiger partial charge < -0.3 is 14.6 Å². The van der Waals surface area contributed by atoms with E-state index in [1.165, 1.54) is 19.2 Å². The number of hydrogen-bond acceptors (Lipinski definition) is 7. The second-order valence-corrected chi connectivity index (χ2v) is 6.74. The summed E-state index contributed by atoms with van der Waals surface area (Å²) in [6.07, 6.45) is 1.09. The first-order valence-electron chi connectivity index (χ1n) is 7.27. The maximum absolute atomic E-state index is 11.9. The molecule has 0 atom stereocenters. The zero-order valence-corrected chi connectivity index (χ0v) is 17.0. The molecule has 0 aliphatic rings. The minimum atomic E-state index is -0.720. The summed E-state index contributed by atoms with van der Waals surface area (Å²) in [5.41, 5.74) is 1.83. The number of halogens is 2. The number of methoxy groups -OCH3 is 1. The van der Waals surface area contributed by atoms with Crippen molar-refractivity contribution in [3.05, 3.63) is 55.0 Å². The van der Waals surface area contributed by atoms with Gasteiger partial charge in [-0.2, -0.15) is 5.10 Å². The molecule has 0 aliphatic heterocycles. The largest absolute Gasteiger partial charge is 0.502 e. The molecule has 2 N–H and O–H groups in total. The maximum atomic E-state index is 11.9. The molecule has 9 nitrogen and oxygen atoms in total. The number of nitro groups is 1. The molecular formula is C16H13Br2N3O6. The summed E-state index contributed by atoms with van der Waals surface area (Å²) >= 11 is 6.64. The van der Waals surface area contributed by atoms with Gasteiger partial charge in [-0.05, 0) is 34.1 Å². The summed E-state index contributed by atoms with van der Waals surface area (Å²) < 4.78 is 12.0. The molecule has 0 aliphatic carbocycles. The predicted octanol–water partition coefficient (Wildman–Crippen LogP) is 3.36. The van der Waals surface area contributed by atoms with Crippen molar-refractivity contribution in [3.8, 4) is 17.2 Å². The van der Waals surface area contributed by atoms with Crippen molar-refractivity contribution in [2.45, 2.75) is 0 Å². The molecule has 0 bridgehead atoms. The number of nitrogens with one attached hydrogen (secondary N) is 1. The third-order valence-electron chi connectivity index (χ3n) is 3.18. The van der Waals surface area contributed by atoms with E-state index in [4.69, 9.17) is 9.47 Å². The Balaban J connectivity index is 1.99. The fourth-order valence-corrected chi connectivity index (χ4v) is 3.27. The molecule has 1 amide bonds. The van der Waals surface area contributed by atoms with Gasteiger partial charge in [0.15, 0.2) is 18.1 Å². The Labute approximate surface area is 170 Å². The van der Waals surface area contributed by atoms with Gasteiger partial charge in [-0.15, -0.1) is 0 Å². The van der Waals surface area contributed by atoms with Gasteiger partial charge >= 0.3 is 5.69 Å². The lowest BCUT2D eigenvalue weighted by atomic mass is 10.2. The van der Waals surface area contributed by atoms with Crippen LogP contribution in [0.3, 0.4) is 0 Å². The number of phenolic OH excluding ortho intramolecular Hbond substituents is 1. The minimum Gasteiger partial charge on any atom is -0.502 e. The Bertz CT molecular complexity index is 904. The molecule has 0 unspecified atom stereocenters. The van der Waals surface area contributed by atoms with Crippen molar-refractivity contribution in [3.63, 3.8) is 0 Å². The first kappa shape index (κ1) is 20.6. The fraction of sp³-hybridized carbons (Fsp3) is 0.125. The molecule has 2 aromatic rings. The number of aromatic hydroxyl groups is 1. The number of nitrogens with zero attached hydrogens (tertiary/aromatic N) is 2. The standard InChI is InChI=1S/C16H13Br2N3O6/c1-26-13-6-10(17)5-11(18)16(13)27-8-14(22)20-19-7-9-3-2-4-12(15(9)23)21(24)25/h2-7,23H,8H2,1H3,(H,20,22)/b19-7-. The number of benzene rings is 2. The number of amides is 1. The van der Waals surface area contributed by atoms with Gasteiger partial charge in [-0.3, -0.25) is 14.9 Å². The number of ether oxygens (including phenoxy) is 2. The van der Waals surface area contributed by atoms with E-state index in [0.29, 0.717) is 16.0 Å². The Kier molecular flexibility index (Phi) is 7.13. The van der Waals surface area contributed by atoms with E-state index in [-0.39, 0.29) is 12.2 Å². The van der Waals surface area contributed by atoms with Crippen molar-refractivity contribution < 1.29 is 24.3 Å². The molecule has 0 spiro atoms. The first-order valence-corrected chi connectivity index (χ1v) is 8.86. The average Bonchev–Trinajstić information content (AvgIpc) is 2.61. The highest BCUT2D eigenvalue weighted by molar-refractivity contribution is 9.11. The molecule has 0 aromatic heterocycles. The topological polar surface area (TPSA) is 123 Å². The van der Waals surface area contributed by atoms with Gasteiger partial charge in [-0.25, -0.2) is 5.43 Å². The van der Waals surface area contributed by atoms with Gasteiger partial charge in [0.25, 0.3) is 5.91 Å². The predicted molar refractivity (Wildman–Crippen MR) is 104 cm³/mol. The highest BCUT2D eigenvalue weighted by atomic mass is 79.9. The zero-order valence-electron chi connectivity index (χ0n) is 13.8. The van der Waals surface area contributed by atoms with Crippen LogP contribution in [0.4, 0.5) is 5.69 Å². The van der Waals surface area contributed by atoms with Gasteiger partial charge in [-0.1, -0.05) is 22.0 Å². The number of nitro benzene ring substituents is 1. The van der Waals surface area contributed by atoms with Crippen molar-refractivity contribution in [1.82, 2.24) is 5.43 Å². The molecule has 0 saturated heterocycles. The van der Waals surface area contributed by atoms with Crippen LogP contribution in [0.5, 0.6) is 17.2 Å². The lowest BCUT2D eigenvalue weighted by Crippen LogP contribution is -2.24. The van der Waals surface area contributed by atoms with E-state index in [0.717, 1.165) is 16.8 Å². The average molecular weight is 503 g/mol. The molecule has 27 heavy (non-hydrogen) atoms. The van der Waals surface area contributed by atoms with Crippen LogP contribution in [0.2, 0.25) is 0 Å². The third kappa shape index (κ3) is 5.41. The minimum absolute atomic E-state index is 0.0859. The normalized spacial score (nSPS) is 10.6. The quantitative estimate of drug-likeness (QED) is 0.340. The number of hydrogen-bond donors (Lipinski definition) is 2. The van der Waals surface area contributed by atoms with Gasteiger partial charge in [0.05, 0.1) is 22.7 Å². The van der Waals surface area contributed by atoms with Gasteiger partial charge in [0.2, 0.25) is 5.75 Å². The summed E-state index contributed by atoms with van der Waals surface area (Å²) in [5, 5.41) is 24.2. The van der Waals surface area contributed by atoms with E-state index in [1.54, 1.807) is 12.1 Å². The highest BCUT2D eigenvalue weighted by Crippen LogP contribution is 2.38. The molecule has 2 aromatic carbocycles. The molecule has 142 valence electrons. The number of hydrazone groups is 1. The summed E-state index contributed by atoms with van der Waals surface area (Å²) in [4.78, 5) is 21.9. The first-order chi connectivity index (χ1) is 12.8. The second kappa shape index (κ2) is 9.33. The van der Waals surface area contributed by atoms with E-state index in [1.807, 2.05) is 0 Å². The monoisotopic (exact) mass is 501 g/mol. The molecular weight excluding hydrogens is 490 g/mol. The van der Waals surface area contributed by atoms with E-state index < -0.39 is 22.3 Å². The number of phenols is 1. The van der Waals surface area contributed by atoms with Crippen LogP contribution in [0.1, 0.15) is 5.56 Å². The van der Waals surface area contributed by atoms with Gasteiger partial charge in [0, 0.05) is 16.1 Å². The van der Waals surface area contributed by atoms with Crippen LogP contribution < -0.4 is 14.9 Å². The molecule has 0 saturated carbocycles. The Hall–Kier alpha value is -2.66. The van der Waals surface area contributed by atoms with Crippen LogP contribution in [0.25, 0.3) is 0 Å². The lowest BCUT2D eigenvalue weighted by molar-refractivity contribution is -0.385. The number of carbonyl (C=O) groups excluding carboxylic acids is 1. The number of rotatable bonds is 7. The Morgan fingerprint density at radius 2 is 2.15 bits per heavy atom. The van der Waals surface area contributed by atoms with E-state index in [9.17, 15) is 20.0 Å². The molecule has 0 radical (unpaired) electrons. The molecule has 2 rings (SSSR count). The number of para-hydroxylation sites is 1. The second-order valence-electron chi connectivity index (χ2n) is 4.97. The van der Waals surface area contributed by atoms with Crippen molar-refractivity contribution in [2.24, 2.45) is 5.10 Å². The Morgan fingerprint density at radius 3 is 2.81 bits per heavy atom. The van der Waals surface area contributed by atoms with Crippen LogP contribution in [-0.2, 0) is 4.79 Å². The smallest absolute Gasteiger partial charge is 0.311 e. The van der Waals surface area contributed by atoms with Crippen LogP contribution in [-0.4, -0.2) is 35.9 Å². The lowest BCUT2D eigenvalue weighted by Gasteiger charge is -2.12. The van der Waals surface area contributed by atoms with Crippen molar-refractivity contribution in [2.75, 3.05) is 13.7 Å². The summed E-state index contributed by atoms with van der Waals surface area (Å²) in [7, 11) is 1.47. The van der Waals surface area contributed by atoms with Crippen molar-refractivity contribution >= 4 is 49.7 Å². The van der Waals surface area contributed by atoms with E-state index >= 15 is 0 Å². The van der Waals surface area contributed by atoms with Gasteiger partial charge in [0.1, 0.15) is 0 Å². The maximum Gasteiger partial charge on any atom is 0.311 e. The fourth-order valence-electron chi connectivity index (χ4n) is 1.97. The Morgan fingerprint density at radius 1 is 1.41 bits per heavy atom. The highest BCUT2D eigenvalue weighted by Gasteiger charge is 2.15. The molecule has 0 heterocycles. The third-order valence-corrected chi connectivity index (χ3v) is 4.22. The SMILES string of the molecule is COc1cc(Br)cc(Br)c1OCC(=O)N/N=C\c1cccc([N+](=O)[O-])c1O. The zero-order chi connectivity index (χ0) is 20.0. The van der Waals surface area contributed by atoms with Crippen LogP contribution in [0.15, 0.2) is 44.4 Å². The molecule has 11 heteroatoms. The molecule has 0 fully saturated rings. The summed E-state index contributed by atoms with van der Waals surface area (Å²) in [5.74, 6) is -0.349. The van der Waals surface area contributed by atoms with Crippen molar-refractivity contribution in [1.29, 1.82) is 0 Å². The summed E-state index contributed by atoms with van der Waals surface area (Å²) in [6.45, 7) is -0.352. The van der Waals surface area contributed by atoms with Crippen LogP contribution >= 0.6 is 31.9 Å².